The quantitative estimate of drug-likeness (QED) is 0.244. The van der Waals surface area contributed by atoms with E-state index in [-0.39, 0.29) is 18.0 Å². The average molecular weight is 414 g/mol. The van der Waals surface area contributed by atoms with Crippen molar-refractivity contribution in [3.63, 3.8) is 0 Å². The van der Waals surface area contributed by atoms with Crippen LogP contribution in [0.25, 0.3) is 0 Å². The van der Waals surface area contributed by atoms with Gasteiger partial charge < -0.3 is 5.32 Å². The number of carbonyl (C=O) groups is 1. The number of rotatable bonds is 14. The smallest absolute Gasteiger partial charge is 0.224 e. The summed E-state index contributed by atoms with van der Waals surface area (Å²) in [6, 6.07) is 3.51. The van der Waals surface area contributed by atoms with Gasteiger partial charge >= 0.3 is 0 Å². The summed E-state index contributed by atoms with van der Waals surface area (Å²) in [6.07, 6.45) is 27.8. The molecule has 0 aromatic heterocycles. The molecule has 162 valence electrons. The SMILES string of the molecule is CC/C=C\C/C=C\C/C=C\C/C=C\C/C=C\CCCC(=O)Nc1c(F)cccc1F. The molecule has 1 rings (SSSR count). The fraction of sp³-hybridized carbons (Fsp3) is 0.346. The number of unbranched alkanes of at least 4 members (excludes halogenated alkanes) is 1. The van der Waals surface area contributed by atoms with Crippen LogP contribution in [-0.4, -0.2) is 5.91 Å². The minimum Gasteiger partial charge on any atom is -0.321 e. The minimum absolute atomic E-state index is 0.224. The number of para-hydroxylation sites is 1. The Hall–Kier alpha value is -2.75. The van der Waals surface area contributed by atoms with Crippen molar-refractivity contribution in [2.24, 2.45) is 0 Å². The molecular formula is C26H33F2NO. The van der Waals surface area contributed by atoms with Crippen LogP contribution < -0.4 is 5.32 Å². The molecule has 1 aromatic carbocycles. The van der Waals surface area contributed by atoms with Crippen LogP contribution in [0.5, 0.6) is 0 Å². The Labute approximate surface area is 179 Å². The summed E-state index contributed by atoms with van der Waals surface area (Å²) in [7, 11) is 0. The number of carbonyl (C=O) groups excluding carboxylic acids is 1. The molecule has 0 heterocycles. The van der Waals surface area contributed by atoms with Crippen molar-refractivity contribution in [1.82, 2.24) is 0 Å². The molecule has 1 N–H and O–H groups in total. The highest BCUT2D eigenvalue weighted by Gasteiger charge is 2.11. The van der Waals surface area contributed by atoms with E-state index in [2.05, 4.69) is 66.9 Å². The first kappa shape index (κ1) is 25.3. The van der Waals surface area contributed by atoms with E-state index in [9.17, 15) is 13.6 Å². The number of nitrogens with one attached hydrogen (secondary N) is 1. The van der Waals surface area contributed by atoms with Crippen molar-refractivity contribution in [1.29, 1.82) is 0 Å². The van der Waals surface area contributed by atoms with Gasteiger partial charge in [0, 0.05) is 6.42 Å². The van der Waals surface area contributed by atoms with Crippen LogP contribution in [0.4, 0.5) is 14.5 Å². The van der Waals surface area contributed by atoms with Gasteiger partial charge in [0.05, 0.1) is 0 Å². The molecule has 0 atom stereocenters. The molecule has 1 amide bonds. The Morgan fingerprint density at radius 3 is 1.77 bits per heavy atom. The van der Waals surface area contributed by atoms with E-state index >= 15 is 0 Å². The molecule has 0 saturated carbocycles. The van der Waals surface area contributed by atoms with Gasteiger partial charge in [0.15, 0.2) is 0 Å². The maximum absolute atomic E-state index is 13.5. The fourth-order valence-electron chi connectivity index (χ4n) is 2.57. The number of anilines is 1. The van der Waals surface area contributed by atoms with Gasteiger partial charge in [-0.15, -0.1) is 0 Å². The number of benzene rings is 1. The molecule has 0 aliphatic heterocycles. The van der Waals surface area contributed by atoms with E-state index in [1.807, 2.05) is 6.08 Å². The van der Waals surface area contributed by atoms with Crippen LogP contribution in [0.2, 0.25) is 0 Å². The van der Waals surface area contributed by atoms with Crippen LogP contribution >= 0.6 is 0 Å². The van der Waals surface area contributed by atoms with E-state index in [0.717, 1.165) is 50.7 Å². The largest absolute Gasteiger partial charge is 0.321 e. The monoisotopic (exact) mass is 413 g/mol. The number of halogens is 2. The van der Waals surface area contributed by atoms with Gasteiger partial charge in [-0.3, -0.25) is 4.79 Å². The molecule has 0 aliphatic carbocycles. The molecule has 0 aliphatic rings. The van der Waals surface area contributed by atoms with E-state index in [1.165, 1.54) is 6.07 Å². The Kier molecular flexibility index (Phi) is 14.4. The molecule has 0 spiro atoms. The van der Waals surface area contributed by atoms with Crippen molar-refractivity contribution >= 4 is 11.6 Å². The maximum atomic E-state index is 13.5. The Bertz CT molecular complexity index is 740. The molecule has 0 unspecified atom stereocenters. The predicted molar refractivity (Wildman–Crippen MR) is 123 cm³/mol. The molecule has 30 heavy (non-hydrogen) atoms. The predicted octanol–water partition coefficient (Wildman–Crippen LogP) is 7.83. The van der Waals surface area contributed by atoms with Crippen LogP contribution in [0.3, 0.4) is 0 Å². The third kappa shape index (κ3) is 12.7. The van der Waals surface area contributed by atoms with Crippen molar-refractivity contribution in [2.45, 2.75) is 58.3 Å². The van der Waals surface area contributed by atoms with Crippen molar-refractivity contribution in [3.8, 4) is 0 Å². The average Bonchev–Trinajstić information content (AvgIpc) is 2.73. The summed E-state index contributed by atoms with van der Waals surface area (Å²) in [5, 5.41) is 2.30. The lowest BCUT2D eigenvalue weighted by molar-refractivity contribution is -0.116. The summed E-state index contributed by atoms with van der Waals surface area (Å²) < 4.78 is 26.9. The number of allylic oxidation sites excluding steroid dienone is 10. The highest BCUT2D eigenvalue weighted by molar-refractivity contribution is 5.90. The Morgan fingerprint density at radius 2 is 1.27 bits per heavy atom. The molecular weight excluding hydrogens is 380 g/mol. The van der Waals surface area contributed by atoms with E-state index < -0.39 is 11.6 Å². The third-order valence-electron chi connectivity index (χ3n) is 4.16. The first-order chi connectivity index (χ1) is 14.6. The van der Waals surface area contributed by atoms with Gasteiger partial charge in [-0.05, 0) is 57.1 Å². The first-order valence-electron chi connectivity index (χ1n) is 10.6. The summed E-state index contributed by atoms with van der Waals surface area (Å²) in [6.45, 7) is 2.13. The van der Waals surface area contributed by atoms with E-state index in [4.69, 9.17) is 0 Å². The molecule has 2 nitrogen and oxygen atoms in total. The summed E-state index contributed by atoms with van der Waals surface area (Å²) in [5.74, 6) is -1.91. The molecule has 1 aromatic rings. The van der Waals surface area contributed by atoms with Gasteiger partial charge in [-0.25, -0.2) is 8.78 Å². The molecule has 0 radical (unpaired) electrons. The highest BCUT2D eigenvalue weighted by Crippen LogP contribution is 2.18. The van der Waals surface area contributed by atoms with Crippen LogP contribution in [0.15, 0.2) is 79.0 Å². The van der Waals surface area contributed by atoms with Gasteiger partial charge in [-0.2, -0.15) is 0 Å². The summed E-state index contributed by atoms with van der Waals surface area (Å²) in [4.78, 5) is 11.8. The first-order valence-corrected chi connectivity index (χ1v) is 10.6. The number of amides is 1. The van der Waals surface area contributed by atoms with E-state index in [1.54, 1.807) is 0 Å². The topological polar surface area (TPSA) is 29.1 Å². The second-order valence-electron chi connectivity index (χ2n) is 6.75. The molecule has 4 heteroatoms. The number of hydrogen-bond acceptors (Lipinski definition) is 1. The maximum Gasteiger partial charge on any atom is 0.224 e. The highest BCUT2D eigenvalue weighted by atomic mass is 19.1. The van der Waals surface area contributed by atoms with Crippen molar-refractivity contribution in [3.05, 3.63) is 90.6 Å². The van der Waals surface area contributed by atoms with E-state index in [0.29, 0.717) is 6.42 Å². The van der Waals surface area contributed by atoms with Crippen LogP contribution in [0, 0.1) is 11.6 Å². The van der Waals surface area contributed by atoms with Crippen LogP contribution in [0.1, 0.15) is 58.3 Å². The fourth-order valence-corrected chi connectivity index (χ4v) is 2.57. The summed E-state index contributed by atoms with van der Waals surface area (Å²) in [5.41, 5.74) is -0.377. The lowest BCUT2D eigenvalue weighted by atomic mass is 10.2. The lowest BCUT2D eigenvalue weighted by Crippen LogP contribution is -2.13. The van der Waals surface area contributed by atoms with Gasteiger partial charge in [0.2, 0.25) is 5.91 Å². The van der Waals surface area contributed by atoms with Crippen molar-refractivity contribution in [2.75, 3.05) is 5.32 Å². The zero-order valence-electron chi connectivity index (χ0n) is 17.8. The second-order valence-corrected chi connectivity index (χ2v) is 6.75. The molecule has 0 saturated heterocycles. The van der Waals surface area contributed by atoms with Gasteiger partial charge in [-0.1, -0.05) is 73.8 Å². The second kappa shape index (κ2) is 17.1. The zero-order chi connectivity index (χ0) is 21.9. The minimum atomic E-state index is -0.763. The summed E-state index contributed by atoms with van der Waals surface area (Å²) >= 11 is 0. The molecule has 0 fully saturated rings. The van der Waals surface area contributed by atoms with Crippen molar-refractivity contribution < 1.29 is 13.6 Å². The zero-order valence-corrected chi connectivity index (χ0v) is 17.8. The molecule has 0 bridgehead atoms. The standard InChI is InChI=1S/C26H33F2NO/c1-2-3-4-5-6-7-8-9-10-11-12-13-14-15-16-17-18-22-25(30)29-26-23(27)20-19-21-24(26)28/h3-4,6-7,9-10,12-13,15-16,19-21H,2,5,8,11,14,17-18,22H2,1H3,(H,29,30)/b4-3-,7-6-,10-9-,13-12-,16-15-. The Morgan fingerprint density at radius 1 is 0.800 bits per heavy atom. The van der Waals surface area contributed by atoms with Gasteiger partial charge in [0.25, 0.3) is 0 Å². The van der Waals surface area contributed by atoms with Crippen LogP contribution in [-0.2, 0) is 4.79 Å². The third-order valence-corrected chi connectivity index (χ3v) is 4.16. The number of hydrogen-bond donors (Lipinski definition) is 1. The normalized spacial score (nSPS) is 12.4. The Balaban J connectivity index is 2.06. The van der Waals surface area contributed by atoms with Gasteiger partial charge in [0.1, 0.15) is 17.3 Å². The lowest BCUT2D eigenvalue weighted by Gasteiger charge is -2.06.